The standard InChI is InChI=1S/C18H34O/c1-4-7-8-9-10-11-12-13-14-15-17(5-2)18(6-3)16-19/h16H,4-15H2,1-3H3/b18-17-. The van der Waals surface area contributed by atoms with Crippen LogP contribution in [0.4, 0.5) is 0 Å². The van der Waals surface area contributed by atoms with Gasteiger partial charge in [0.1, 0.15) is 6.29 Å². The molecule has 0 spiro atoms. The first-order valence-electron chi connectivity index (χ1n) is 8.46. The molecule has 112 valence electrons. The van der Waals surface area contributed by atoms with Crippen molar-refractivity contribution in [3.8, 4) is 0 Å². The third-order valence-electron chi connectivity index (χ3n) is 3.99. The third kappa shape index (κ3) is 9.92. The number of carbonyl (C=O) groups is 1. The molecule has 0 bridgehead atoms. The van der Waals surface area contributed by atoms with Crippen LogP contribution in [0.1, 0.15) is 97.8 Å². The molecule has 0 radical (unpaired) electrons. The molecular formula is C18H34O. The molecule has 0 atom stereocenters. The summed E-state index contributed by atoms with van der Waals surface area (Å²) in [6.07, 6.45) is 16.4. The number of hydrogen-bond acceptors (Lipinski definition) is 1. The van der Waals surface area contributed by atoms with E-state index < -0.39 is 0 Å². The fourth-order valence-corrected chi connectivity index (χ4v) is 2.63. The van der Waals surface area contributed by atoms with Gasteiger partial charge >= 0.3 is 0 Å². The predicted molar refractivity (Wildman–Crippen MR) is 85.5 cm³/mol. The minimum Gasteiger partial charge on any atom is -0.298 e. The molecular weight excluding hydrogens is 232 g/mol. The van der Waals surface area contributed by atoms with E-state index in [2.05, 4.69) is 20.8 Å². The molecule has 0 heterocycles. The SMILES string of the molecule is CCCCCCCCCCC/C(CC)=C(\C=O)CC. The van der Waals surface area contributed by atoms with Crippen LogP contribution in [0.15, 0.2) is 11.1 Å². The van der Waals surface area contributed by atoms with Crippen molar-refractivity contribution in [2.75, 3.05) is 0 Å². The lowest BCUT2D eigenvalue weighted by atomic mass is 9.98. The molecule has 0 N–H and O–H groups in total. The lowest BCUT2D eigenvalue weighted by Gasteiger charge is -2.08. The summed E-state index contributed by atoms with van der Waals surface area (Å²) in [5, 5.41) is 0. The van der Waals surface area contributed by atoms with E-state index in [1.165, 1.54) is 63.4 Å². The molecule has 0 saturated carbocycles. The molecule has 0 aliphatic carbocycles. The molecule has 0 aromatic carbocycles. The molecule has 0 amide bonds. The Bertz CT molecular complexity index is 240. The van der Waals surface area contributed by atoms with Gasteiger partial charge in [0.05, 0.1) is 0 Å². The average molecular weight is 266 g/mol. The first-order chi connectivity index (χ1) is 9.29. The topological polar surface area (TPSA) is 17.1 Å². The molecule has 0 saturated heterocycles. The lowest BCUT2D eigenvalue weighted by Crippen LogP contribution is -1.93. The van der Waals surface area contributed by atoms with Crippen molar-refractivity contribution in [1.82, 2.24) is 0 Å². The number of carbonyl (C=O) groups excluding carboxylic acids is 1. The Hall–Kier alpha value is -0.590. The second kappa shape index (κ2) is 13.8. The van der Waals surface area contributed by atoms with E-state index in [4.69, 9.17) is 0 Å². The molecule has 0 rings (SSSR count). The van der Waals surface area contributed by atoms with Crippen LogP contribution in [0.25, 0.3) is 0 Å². The van der Waals surface area contributed by atoms with Crippen molar-refractivity contribution in [3.63, 3.8) is 0 Å². The molecule has 1 nitrogen and oxygen atoms in total. The lowest BCUT2D eigenvalue weighted by molar-refractivity contribution is -0.105. The third-order valence-corrected chi connectivity index (χ3v) is 3.99. The van der Waals surface area contributed by atoms with Gasteiger partial charge in [0.25, 0.3) is 0 Å². The number of aldehydes is 1. The van der Waals surface area contributed by atoms with Gasteiger partial charge in [-0.15, -0.1) is 0 Å². The Morgan fingerprint density at radius 2 is 1.26 bits per heavy atom. The van der Waals surface area contributed by atoms with Crippen LogP contribution in [0.3, 0.4) is 0 Å². The maximum Gasteiger partial charge on any atom is 0.145 e. The minimum absolute atomic E-state index is 0.893. The zero-order chi connectivity index (χ0) is 14.3. The summed E-state index contributed by atoms with van der Waals surface area (Å²) in [7, 11) is 0. The van der Waals surface area contributed by atoms with E-state index >= 15 is 0 Å². The minimum atomic E-state index is 0.893. The van der Waals surface area contributed by atoms with E-state index in [-0.39, 0.29) is 0 Å². The second-order valence-electron chi connectivity index (χ2n) is 5.53. The molecule has 1 heteroatoms. The fraction of sp³-hybridized carbons (Fsp3) is 0.833. The van der Waals surface area contributed by atoms with Gasteiger partial charge in [-0.3, -0.25) is 4.79 Å². The highest BCUT2D eigenvalue weighted by Gasteiger charge is 2.02. The number of allylic oxidation sites excluding steroid dienone is 2. The quantitative estimate of drug-likeness (QED) is 0.219. The smallest absolute Gasteiger partial charge is 0.145 e. The van der Waals surface area contributed by atoms with Gasteiger partial charge in [-0.2, -0.15) is 0 Å². The molecule has 0 fully saturated rings. The molecule has 0 aliphatic heterocycles. The maximum atomic E-state index is 10.9. The van der Waals surface area contributed by atoms with Crippen molar-refractivity contribution in [1.29, 1.82) is 0 Å². The van der Waals surface area contributed by atoms with Crippen LogP contribution in [0.2, 0.25) is 0 Å². The Morgan fingerprint density at radius 3 is 1.68 bits per heavy atom. The first-order valence-corrected chi connectivity index (χ1v) is 8.46. The summed E-state index contributed by atoms with van der Waals surface area (Å²) in [5.41, 5.74) is 2.43. The van der Waals surface area contributed by atoms with Crippen LogP contribution in [-0.4, -0.2) is 6.29 Å². The summed E-state index contributed by atoms with van der Waals surface area (Å²) >= 11 is 0. The number of rotatable bonds is 13. The Kier molecular flexibility index (Phi) is 13.4. The van der Waals surface area contributed by atoms with Crippen molar-refractivity contribution >= 4 is 6.29 Å². The van der Waals surface area contributed by atoms with E-state index in [1.807, 2.05) is 0 Å². The van der Waals surface area contributed by atoms with E-state index in [1.54, 1.807) is 0 Å². The highest BCUT2D eigenvalue weighted by atomic mass is 16.1. The fourth-order valence-electron chi connectivity index (χ4n) is 2.63. The van der Waals surface area contributed by atoms with Gasteiger partial charge < -0.3 is 0 Å². The first kappa shape index (κ1) is 18.4. The van der Waals surface area contributed by atoms with Crippen molar-refractivity contribution < 1.29 is 4.79 Å². The summed E-state index contributed by atoms with van der Waals surface area (Å²) < 4.78 is 0. The van der Waals surface area contributed by atoms with Crippen molar-refractivity contribution in [2.45, 2.75) is 97.8 Å². The van der Waals surface area contributed by atoms with Gasteiger partial charge in [-0.25, -0.2) is 0 Å². The van der Waals surface area contributed by atoms with Gasteiger partial charge in [0, 0.05) is 0 Å². The summed E-state index contributed by atoms with van der Waals surface area (Å²) in [5.74, 6) is 0. The zero-order valence-corrected chi connectivity index (χ0v) is 13.5. The van der Waals surface area contributed by atoms with Gasteiger partial charge in [-0.1, -0.05) is 77.7 Å². The molecule has 19 heavy (non-hydrogen) atoms. The molecule has 0 aliphatic rings. The van der Waals surface area contributed by atoms with Gasteiger partial charge in [0.15, 0.2) is 0 Å². The summed E-state index contributed by atoms with van der Waals surface area (Å²) in [6.45, 7) is 6.51. The van der Waals surface area contributed by atoms with Crippen LogP contribution in [0.5, 0.6) is 0 Å². The monoisotopic (exact) mass is 266 g/mol. The van der Waals surface area contributed by atoms with Crippen molar-refractivity contribution in [2.24, 2.45) is 0 Å². The largest absolute Gasteiger partial charge is 0.298 e. The van der Waals surface area contributed by atoms with Crippen LogP contribution in [0, 0.1) is 0 Å². The highest BCUT2D eigenvalue weighted by molar-refractivity contribution is 5.74. The maximum absolute atomic E-state index is 10.9. The van der Waals surface area contributed by atoms with Crippen LogP contribution < -0.4 is 0 Å². The Labute approximate surface area is 120 Å². The summed E-state index contributed by atoms with van der Waals surface area (Å²) in [6, 6.07) is 0. The van der Waals surface area contributed by atoms with E-state index in [0.717, 1.165) is 31.1 Å². The highest BCUT2D eigenvalue weighted by Crippen LogP contribution is 2.19. The van der Waals surface area contributed by atoms with Crippen LogP contribution in [-0.2, 0) is 4.79 Å². The molecule has 0 unspecified atom stereocenters. The van der Waals surface area contributed by atoms with Crippen LogP contribution >= 0.6 is 0 Å². The summed E-state index contributed by atoms with van der Waals surface area (Å²) in [4.78, 5) is 10.9. The normalized spacial score (nSPS) is 12.4. The zero-order valence-electron chi connectivity index (χ0n) is 13.5. The Morgan fingerprint density at radius 1 is 0.737 bits per heavy atom. The second-order valence-corrected chi connectivity index (χ2v) is 5.53. The number of unbranched alkanes of at least 4 members (excludes halogenated alkanes) is 8. The molecule has 0 aromatic rings. The van der Waals surface area contributed by atoms with E-state index in [0.29, 0.717) is 0 Å². The Balaban J connectivity index is 3.57. The predicted octanol–water partition coefficient (Wildman–Crippen LogP) is 6.22. The average Bonchev–Trinajstić information content (AvgIpc) is 2.44. The number of hydrogen-bond donors (Lipinski definition) is 0. The van der Waals surface area contributed by atoms with Gasteiger partial charge in [-0.05, 0) is 31.3 Å². The van der Waals surface area contributed by atoms with Crippen molar-refractivity contribution in [3.05, 3.63) is 11.1 Å². The molecule has 0 aromatic heterocycles. The van der Waals surface area contributed by atoms with Gasteiger partial charge in [0.2, 0.25) is 0 Å². The van der Waals surface area contributed by atoms with E-state index in [9.17, 15) is 4.79 Å².